The van der Waals surface area contributed by atoms with Crippen LogP contribution in [0.25, 0.3) is 0 Å². The predicted octanol–water partition coefficient (Wildman–Crippen LogP) is 0.791. The van der Waals surface area contributed by atoms with Gasteiger partial charge in [0, 0.05) is 0 Å². The van der Waals surface area contributed by atoms with E-state index in [4.69, 9.17) is 0 Å². The summed E-state index contributed by atoms with van der Waals surface area (Å²) in [6.07, 6.45) is -0.937. The molecule has 0 bridgehead atoms. The van der Waals surface area contributed by atoms with E-state index in [0.29, 0.717) is 0 Å². The Balaban J connectivity index is 4.05. The first-order chi connectivity index (χ1) is 5.85. The van der Waals surface area contributed by atoms with Crippen molar-refractivity contribution >= 4 is 14.0 Å². The first kappa shape index (κ1) is 12.2. The molecule has 0 saturated carbocycles. The molecule has 74 valence electrons. The van der Waals surface area contributed by atoms with E-state index < -0.39 is 20.1 Å². The summed E-state index contributed by atoms with van der Waals surface area (Å²) in [6, 6.07) is 0. The van der Waals surface area contributed by atoms with Crippen molar-refractivity contribution in [2.75, 3.05) is 7.11 Å². The summed E-state index contributed by atoms with van der Waals surface area (Å²) in [7, 11) is -0.162. The summed E-state index contributed by atoms with van der Waals surface area (Å²) in [5.74, 6) is 2.22. The maximum absolute atomic E-state index is 10.7. The van der Waals surface area contributed by atoms with Gasteiger partial charge in [0.25, 0.3) is 0 Å². The van der Waals surface area contributed by atoms with Crippen molar-refractivity contribution in [3.8, 4) is 11.5 Å². The lowest BCUT2D eigenvalue weighted by Gasteiger charge is -2.05. The minimum absolute atomic E-state index is 0.0476. The second-order valence-corrected chi connectivity index (χ2v) is 8.57. The number of aliphatic hydroxyl groups excluding tert-OH is 1. The molecule has 0 fully saturated rings. The minimum atomic E-state index is -1.45. The quantitative estimate of drug-likeness (QED) is 0.407. The van der Waals surface area contributed by atoms with Gasteiger partial charge < -0.3 is 9.84 Å². The van der Waals surface area contributed by atoms with Crippen molar-refractivity contribution in [3.05, 3.63) is 0 Å². The molecule has 0 saturated heterocycles. The van der Waals surface area contributed by atoms with E-state index in [1.165, 1.54) is 7.11 Å². The van der Waals surface area contributed by atoms with Gasteiger partial charge in [0.15, 0.2) is 0 Å². The molecule has 1 atom stereocenters. The van der Waals surface area contributed by atoms with E-state index in [9.17, 15) is 9.90 Å². The normalized spacial score (nSPS) is 12.7. The highest BCUT2D eigenvalue weighted by Gasteiger charge is 2.11. The maximum Gasteiger partial charge on any atom is 0.309 e. The first-order valence-electron chi connectivity index (χ1n) is 4.13. The third-order valence-electron chi connectivity index (χ3n) is 1.20. The molecule has 0 amide bonds. The molecular formula is C9H16O3Si. The molecule has 0 aromatic rings. The maximum atomic E-state index is 10.7. The molecule has 0 aromatic carbocycles. The van der Waals surface area contributed by atoms with Gasteiger partial charge in [-0.1, -0.05) is 25.6 Å². The Bertz CT molecular complexity index is 231. The average Bonchev–Trinajstić information content (AvgIpc) is 1.99. The Morgan fingerprint density at radius 1 is 1.54 bits per heavy atom. The van der Waals surface area contributed by atoms with Gasteiger partial charge in [0.1, 0.15) is 14.2 Å². The Morgan fingerprint density at radius 2 is 2.08 bits per heavy atom. The van der Waals surface area contributed by atoms with E-state index in [1.807, 2.05) is 0 Å². The molecule has 0 spiro atoms. The van der Waals surface area contributed by atoms with Crippen molar-refractivity contribution < 1.29 is 14.6 Å². The molecule has 3 nitrogen and oxygen atoms in total. The summed E-state index contributed by atoms with van der Waals surface area (Å²) in [5, 5.41) is 9.26. The van der Waals surface area contributed by atoms with Gasteiger partial charge in [0.2, 0.25) is 0 Å². The van der Waals surface area contributed by atoms with Crippen LogP contribution in [0.4, 0.5) is 0 Å². The standard InChI is InChI=1S/C9H16O3Si/c1-12-9(11)7-8(10)5-6-13(2,3)4/h8,10H,7H2,1-4H3/t8-/m0/s1. The predicted molar refractivity (Wildman–Crippen MR) is 53.8 cm³/mol. The lowest BCUT2D eigenvalue weighted by Crippen LogP contribution is -2.19. The van der Waals surface area contributed by atoms with E-state index in [1.54, 1.807) is 0 Å². The van der Waals surface area contributed by atoms with Crippen molar-refractivity contribution in [3.63, 3.8) is 0 Å². The van der Waals surface area contributed by atoms with Crippen molar-refractivity contribution in [1.82, 2.24) is 0 Å². The third kappa shape index (κ3) is 7.56. The molecule has 0 aliphatic carbocycles. The second kappa shape index (κ2) is 5.05. The molecule has 0 rings (SSSR count). The Hall–Kier alpha value is -0.793. The van der Waals surface area contributed by atoms with Crippen LogP contribution in [0.1, 0.15) is 6.42 Å². The van der Waals surface area contributed by atoms with E-state index in [-0.39, 0.29) is 6.42 Å². The van der Waals surface area contributed by atoms with Gasteiger partial charge in [-0.2, -0.15) is 0 Å². The number of esters is 1. The van der Waals surface area contributed by atoms with Crippen molar-refractivity contribution in [1.29, 1.82) is 0 Å². The highest BCUT2D eigenvalue weighted by molar-refractivity contribution is 6.83. The Kier molecular flexibility index (Phi) is 4.74. The largest absolute Gasteiger partial charge is 0.469 e. The number of aliphatic hydroxyl groups is 1. The first-order valence-corrected chi connectivity index (χ1v) is 7.63. The molecule has 13 heavy (non-hydrogen) atoms. The van der Waals surface area contributed by atoms with Crippen LogP contribution >= 0.6 is 0 Å². The fourth-order valence-corrected chi connectivity index (χ4v) is 1.19. The zero-order valence-corrected chi connectivity index (χ0v) is 9.55. The van der Waals surface area contributed by atoms with Crippen LogP contribution in [0, 0.1) is 11.5 Å². The molecule has 0 aliphatic heterocycles. The van der Waals surface area contributed by atoms with E-state index in [0.717, 1.165) is 0 Å². The molecule has 0 aliphatic rings. The number of rotatable bonds is 2. The number of hydrogen-bond acceptors (Lipinski definition) is 3. The van der Waals surface area contributed by atoms with Gasteiger partial charge in [-0.25, -0.2) is 0 Å². The topological polar surface area (TPSA) is 46.5 Å². The summed E-state index contributed by atoms with van der Waals surface area (Å²) in [6.45, 7) is 6.22. The highest BCUT2D eigenvalue weighted by Crippen LogP contribution is 1.98. The second-order valence-electron chi connectivity index (χ2n) is 3.82. The SMILES string of the molecule is COC(=O)C[C@@H](O)C#C[Si](C)(C)C. The average molecular weight is 200 g/mol. The molecule has 0 unspecified atom stereocenters. The van der Waals surface area contributed by atoms with Crippen LogP contribution < -0.4 is 0 Å². The van der Waals surface area contributed by atoms with Crippen molar-refractivity contribution in [2.45, 2.75) is 32.2 Å². The van der Waals surface area contributed by atoms with E-state index in [2.05, 4.69) is 35.8 Å². The van der Waals surface area contributed by atoms with Crippen LogP contribution in [-0.2, 0) is 9.53 Å². The zero-order chi connectivity index (χ0) is 10.5. The van der Waals surface area contributed by atoms with Gasteiger partial charge in [-0.05, 0) is 0 Å². The molecule has 0 aromatic heterocycles. The Morgan fingerprint density at radius 3 is 2.46 bits per heavy atom. The van der Waals surface area contributed by atoms with E-state index >= 15 is 0 Å². The number of carbonyl (C=O) groups is 1. The minimum Gasteiger partial charge on any atom is -0.469 e. The molecular weight excluding hydrogens is 184 g/mol. The van der Waals surface area contributed by atoms with Crippen molar-refractivity contribution in [2.24, 2.45) is 0 Å². The Labute approximate surface area is 80.1 Å². The third-order valence-corrected chi connectivity index (χ3v) is 2.10. The van der Waals surface area contributed by atoms with Crippen LogP contribution in [0.3, 0.4) is 0 Å². The van der Waals surface area contributed by atoms with Crippen LogP contribution in [0.5, 0.6) is 0 Å². The van der Waals surface area contributed by atoms with Crippen LogP contribution in [0.15, 0.2) is 0 Å². The fraction of sp³-hybridized carbons (Fsp3) is 0.667. The molecule has 0 radical (unpaired) electrons. The van der Waals surface area contributed by atoms with Gasteiger partial charge in [0.05, 0.1) is 13.5 Å². The van der Waals surface area contributed by atoms with Crippen LogP contribution in [0.2, 0.25) is 19.6 Å². The number of hydrogen-bond donors (Lipinski definition) is 1. The van der Waals surface area contributed by atoms with Gasteiger partial charge >= 0.3 is 5.97 Å². The van der Waals surface area contributed by atoms with Gasteiger partial charge in [-0.3, -0.25) is 4.79 Å². The fourth-order valence-electron chi connectivity index (χ4n) is 0.592. The summed E-state index contributed by atoms with van der Waals surface area (Å²) in [4.78, 5) is 10.7. The monoisotopic (exact) mass is 200 g/mol. The lowest BCUT2D eigenvalue weighted by molar-refractivity contribution is -0.142. The molecule has 4 heteroatoms. The summed E-state index contributed by atoms with van der Waals surface area (Å²) in [5.41, 5.74) is 2.98. The smallest absolute Gasteiger partial charge is 0.309 e. The number of carbonyl (C=O) groups excluding carboxylic acids is 1. The lowest BCUT2D eigenvalue weighted by atomic mass is 10.3. The summed E-state index contributed by atoms with van der Waals surface area (Å²) < 4.78 is 4.40. The number of ether oxygens (including phenoxy) is 1. The summed E-state index contributed by atoms with van der Waals surface area (Å²) >= 11 is 0. The van der Waals surface area contributed by atoms with Crippen LogP contribution in [-0.4, -0.2) is 32.4 Å². The molecule has 0 heterocycles. The zero-order valence-electron chi connectivity index (χ0n) is 8.55. The number of methoxy groups -OCH3 is 1. The molecule has 1 N–H and O–H groups in total. The van der Waals surface area contributed by atoms with Gasteiger partial charge in [-0.15, -0.1) is 5.54 Å². The highest BCUT2D eigenvalue weighted by atomic mass is 28.3.